The smallest absolute Gasteiger partial charge is 0.0574 e. The minimum atomic E-state index is 0.940. The van der Waals surface area contributed by atoms with Crippen molar-refractivity contribution in [3.63, 3.8) is 0 Å². The highest BCUT2D eigenvalue weighted by atomic mass is 15.3. The van der Waals surface area contributed by atoms with Crippen molar-refractivity contribution in [2.45, 2.75) is 20.3 Å². The molecule has 0 bridgehead atoms. The van der Waals surface area contributed by atoms with Gasteiger partial charge in [-0.15, -0.1) is 0 Å². The summed E-state index contributed by atoms with van der Waals surface area (Å²) < 4.78 is 0. The van der Waals surface area contributed by atoms with Gasteiger partial charge in [0.2, 0.25) is 0 Å². The molecule has 1 fully saturated rings. The Balaban J connectivity index is 1.94. The van der Waals surface area contributed by atoms with Gasteiger partial charge in [0.05, 0.1) is 23.8 Å². The zero-order valence-corrected chi connectivity index (χ0v) is 11.5. The first-order valence-corrected chi connectivity index (χ1v) is 6.99. The van der Waals surface area contributed by atoms with Gasteiger partial charge in [0.1, 0.15) is 0 Å². The molecular weight excluding hydrogens is 224 g/mol. The molecule has 0 aliphatic carbocycles. The minimum Gasteiger partial charge on any atom is -0.384 e. The number of rotatable bonds is 5. The molecule has 1 aromatic heterocycles. The molecule has 0 amide bonds. The van der Waals surface area contributed by atoms with Crippen molar-refractivity contribution in [3.05, 3.63) is 18.5 Å². The number of pyridine rings is 1. The maximum atomic E-state index is 4.32. The summed E-state index contributed by atoms with van der Waals surface area (Å²) in [6.45, 7) is 11.1. The Labute approximate surface area is 110 Å². The van der Waals surface area contributed by atoms with Crippen LogP contribution in [-0.2, 0) is 0 Å². The molecule has 18 heavy (non-hydrogen) atoms. The van der Waals surface area contributed by atoms with Crippen LogP contribution in [0.3, 0.4) is 0 Å². The van der Waals surface area contributed by atoms with Gasteiger partial charge in [-0.05, 0) is 26.0 Å². The monoisotopic (exact) mass is 248 g/mol. The summed E-state index contributed by atoms with van der Waals surface area (Å²) in [5.41, 5.74) is 2.36. The Bertz CT molecular complexity index is 359. The molecule has 1 aliphatic heterocycles. The minimum absolute atomic E-state index is 0.940. The zero-order chi connectivity index (χ0) is 12.8. The highest BCUT2D eigenvalue weighted by molar-refractivity contribution is 5.55. The molecule has 0 unspecified atom stereocenters. The van der Waals surface area contributed by atoms with E-state index < -0.39 is 0 Å². The molecule has 2 heterocycles. The third-order valence-corrected chi connectivity index (χ3v) is 3.38. The molecule has 4 heteroatoms. The van der Waals surface area contributed by atoms with Crippen molar-refractivity contribution < 1.29 is 0 Å². The fraction of sp³-hybridized carbons (Fsp3) is 0.643. The Morgan fingerprint density at radius 3 is 2.61 bits per heavy atom. The number of aromatic nitrogens is 1. The number of hydrogen-bond donors (Lipinski definition) is 1. The predicted octanol–water partition coefficient (Wildman–Crippen LogP) is 2.05. The number of anilines is 2. The van der Waals surface area contributed by atoms with E-state index >= 15 is 0 Å². The molecule has 0 radical (unpaired) electrons. The lowest BCUT2D eigenvalue weighted by Crippen LogP contribution is -2.46. The Kier molecular flexibility index (Phi) is 4.81. The van der Waals surface area contributed by atoms with E-state index in [1.54, 1.807) is 0 Å². The fourth-order valence-electron chi connectivity index (χ4n) is 2.45. The van der Waals surface area contributed by atoms with Crippen LogP contribution < -0.4 is 10.2 Å². The van der Waals surface area contributed by atoms with Crippen LogP contribution >= 0.6 is 0 Å². The van der Waals surface area contributed by atoms with Gasteiger partial charge in [0.25, 0.3) is 0 Å². The summed E-state index contributed by atoms with van der Waals surface area (Å²) in [5, 5.41) is 3.32. The van der Waals surface area contributed by atoms with Crippen LogP contribution in [-0.4, -0.2) is 49.2 Å². The van der Waals surface area contributed by atoms with Gasteiger partial charge in [0, 0.05) is 32.7 Å². The van der Waals surface area contributed by atoms with Gasteiger partial charge in [0.15, 0.2) is 0 Å². The molecule has 0 saturated carbocycles. The normalized spacial score (nSPS) is 16.9. The van der Waals surface area contributed by atoms with Crippen molar-refractivity contribution in [2.75, 3.05) is 49.5 Å². The van der Waals surface area contributed by atoms with Crippen LogP contribution in [0.2, 0.25) is 0 Å². The van der Waals surface area contributed by atoms with Gasteiger partial charge in [-0.25, -0.2) is 0 Å². The summed E-state index contributed by atoms with van der Waals surface area (Å²) in [7, 11) is 0. The lowest BCUT2D eigenvalue weighted by molar-refractivity contribution is 0.258. The lowest BCUT2D eigenvalue weighted by Gasteiger charge is -2.35. The van der Waals surface area contributed by atoms with E-state index in [4.69, 9.17) is 0 Å². The first kappa shape index (κ1) is 13.1. The zero-order valence-electron chi connectivity index (χ0n) is 11.5. The Morgan fingerprint density at radius 2 is 1.94 bits per heavy atom. The van der Waals surface area contributed by atoms with Gasteiger partial charge in [-0.2, -0.15) is 0 Å². The average Bonchev–Trinajstić information content (AvgIpc) is 2.41. The van der Waals surface area contributed by atoms with Crippen LogP contribution in [0.4, 0.5) is 11.4 Å². The number of hydrogen-bond acceptors (Lipinski definition) is 4. The molecular formula is C14H24N4. The van der Waals surface area contributed by atoms with Gasteiger partial charge >= 0.3 is 0 Å². The fourth-order valence-corrected chi connectivity index (χ4v) is 2.45. The highest BCUT2D eigenvalue weighted by Crippen LogP contribution is 2.19. The van der Waals surface area contributed by atoms with Gasteiger partial charge in [-0.3, -0.25) is 9.88 Å². The third kappa shape index (κ3) is 3.35. The number of piperazine rings is 1. The summed E-state index contributed by atoms with van der Waals surface area (Å²) in [5.74, 6) is 0. The lowest BCUT2D eigenvalue weighted by atomic mass is 10.2. The molecule has 4 nitrogen and oxygen atoms in total. The largest absolute Gasteiger partial charge is 0.384 e. The van der Waals surface area contributed by atoms with Crippen LogP contribution in [0.5, 0.6) is 0 Å². The van der Waals surface area contributed by atoms with Crippen LogP contribution in [0.25, 0.3) is 0 Å². The number of nitrogens with zero attached hydrogens (tertiary/aromatic N) is 3. The first-order chi connectivity index (χ1) is 8.83. The second kappa shape index (κ2) is 6.59. The Morgan fingerprint density at radius 1 is 1.17 bits per heavy atom. The van der Waals surface area contributed by atoms with E-state index in [0.29, 0.717) is 0 Å². The first-order valence-electron chi connectivity index (χ1n) is 6.99. The molecule has 0 atom stereocenters. The molecule has 100 valence electrons. The van der Waals surface area contributed by atoms with Crippen LogP contribution in [0.15, 0.2) is 18.5 Å². The highest BCUT2D eigenvalue weighted by Gasteiger charge is 2.16. The molecule has 0 aromatic carbocycles. The topological polar surface area (TPSA) is 31.4 Å². The standard InChI is InChI=1S/C14H24N4/c1-3-5-17-6-8-18(9-7-17)14-10-13(16-4-2)11-15-12-14/h10-12,16H,3-9H2,1-2H3. The molecule has 2 rings (SSSR count). The van der Waals surface area contributed by atoms with Gasteiger partial charge in [-0.1, -0.05) is 6.92 Å². The summed E-state index contributed by atoms with van der Waals surface area (Å²) in [6, 6.07) is 2.20. The van der Waals surface area contributed by atoms with Crippen molar-refractivity contribution in [1.82, 2.24) is 9.88 Å². The molecule has 1 aromatic rings. The molecule has 1 saturated heterocycles. The maximum absolute atomic E-state index is 4.32. The van der Waals surface area contributed by atoms with E-state index in [1.165, 1.54) is 31.7 Å². The molecule has 1 aliphatic rings. The van der Waals surface area contributed by atoms with E-state index in [1.807, 2.05) is 12.4 Å². The summed E-state index contributed by atoms with van der Waals surface area (Å²) in [6.07, 6.45) is 5.11. The van der Waals surface area contributed by atoms with E-state index in [9.17, 15) is 0 Å². The van der Waals surface area contributed by atoms with E-state index in [0.717, 1.165) is 25.3 Å². The van der Waals surface area contributed by atoms with Gasteiger partial charge < -0.3 is 10.2 Å². The second-order valence-electron chi connectivity index (χ2n) is 4.79. The predicted molar refractivity (Wildman–Crippen MR) is 77.3 cm³/mol. The van der Waals surface area contributed by atoms with Crippen molar-refractivity contribution in [3.8, 4) is 0 Å². The summed E-state index contributed by atoms with van der Waals surface area (Å²) >= 11 is 0. The van der Waals surface area contributed by atoms with E-state index in [-0.39, 0.29) is 0 Å². The average molecular weight is 248 g/mol. The molecule has 0 spiro atoms. The van der Waals surface area contributed by atoms with Crippen molar-refractivity contribution in [2.24, 2.45) is 0 Å². The van der Waals surface area contributed by atoms with E-state index in [2.05, 4.69) is 40.0 Å². The second-order valence-corrected chi connectivity index (χ2v) is 4.79. The Hall–Kier alpha value is -1.29. The van der Waals surface area contributed by atoms with Crippen molar-refractivity contribution >= 4 is 11.4 Å². The third-order valence-electron chi connectivity index (χ3n) is 3.38. The van der Waals surface area contributed by atoms with Crippen LogP contribution in [0.1, 0.15) is 20.3 Å². The SMILES string of the molecule is CCCN1CCN(c2cncc(NCC)c2)CC1. The number of nitrogens with one attached hydrogen (secondary N) is 1. The maximum Gasteiger partial charge on any atom is 0.0574 e. The van der Waals surface area contributed by atoms with Crippen molar-refractivity contribution in [1.29, 1.82) is 0 Å². The summed E-state index contributed by atoms with van der Waals surface area (Å²) in [4.78, 5) is 9.29. The molecule has 1 N–H and O–H groups in total. The van der Waals surface area contributed by atoms with Crippen LogP contribution in [0, 0.1) is 0 Å². The quantitative estimate of drug-likeness (QED) is 0.864.